The fourth-order valence-corrected chi connectivity index (χ4v) is 0.906. The summed E-state index contributed by atoms with van der Waals surface area (Å²) in [5.41, 5.74) is 0.0739. The van der Waals surface area contributed by atoms with Crippen LogP contribution in [0.25, 0.3) is 0 Å². The van der Waals surface area contributed by atoms with Gasteiger partial charge in [0.1, 0.15) is 0 Å². The van der Waals surface area contributed by atoms with E-state index >= 15 is 0 Å². The van der Waals surface area contributed by atoms with Crippen LogP contribution in [0.15, 0.2) is 0 Å². The van der Waals surface area contributed by atoms with E-state index in [9.17, 15) is 0 Å². The van der Waals surface area contributed by atoms with Crippen molar-refractivity contribution in [3.63, 3.8) is 0 Å². The molecule has 0 saturated carbocycles. The molecule has 0 aliphatic rings. The summed E-state index contributed by atoms with van der Waals surface area (Å²) in [7, 11) is 0. The number of hydrogen-bond donors (Lipinski definition) is 0. The molecule has 0 aliphatic heterocycles. The van der Waals surface area contributed by atoms with Gasteiger partial charge in [0, 0.05) is 6.61 Å². The van der Waals surface area contributed by atoms with Crippen molar-refractivity contribution in [3.8, 4) is 0 Å². The monoisotopic (exact) mass is 179 g/mol. The average molecular weight is 179 g/mol. The molecule has 0 atom stereocenters. The minimum absolute atomic E-state index is 0. The Morgan fingerprint density at radius 2 is 1.77 bits per heavy atom. The van der Waals surface area contributed by atoms with Crippen LogP contribution in [0.5, 0.6) is 0 Å². The first-order valence-electron chi connectivity index (χ1n) is 5.05. The van der Waals surface area contributed by atoms with E-state index in [0.29, 0.717) is 0 Å². The van der Waals surface area contributed by atoms with Crippen molar-refractivity contribution in [1.29, 1.82) is 0 Å². The molecule has 0 bridgehead atoms. The summed E-state index contributed by atoms with van der Waals surface area (Å²) in [5, 5.41) is 0. The third-order valence-corrected chi connectivity index (χ3v) is 2.24. The Kier molecular flexibility index (Phi) is 11.2. The molecule has 0 saturated heterocycles. The summed E-state index contributed by atoms with van der Waals surface area (Å²) in [5.74, 6) is 0. The first kappa shape index (κ1) is 16.0. The van der Waals surface area contributed by atoms with E-state index in [0.717, 1.165) is 19.4 Å². The maximum absolute atomic E-state index is 5.70. The van der Waals surface area contributed by atoms with Crippen LogP contribution in [-0.4, -0.2) is 31.1 Å². The average Bonchev–Trinajstić information content (AvgIpc) is 2.04. The number of rotatable bonds is 7. The van der Waals surface area contributed by atoms with Crippen LogP contribution in [-0.2, 0) is 4.74 Å². The zero-order valence-electron chi connectivity index (χ0n) is 8.86. The van der Waals surface area contributed by atoms with Gasteiger partial charge in [-0.15, -0.1) is 0 Å². The summed E-state index contributed by atoms with van der Waals surface area (Å²) in [6, 6.07) is 0. The van der Waals surface area contributed by atoms with Gasteiger partial charge in [-0.3, -0.25) is 0 Å². The normalized spacial score (nSPS) is 11.1. The quantitative estimate of drug-likeness (QED) is 0.431. The van der Waals surface area contributed by atoms with Crippen LogP contribution in [0.2, 0.25) is 0 Å². The molecule has 1 radical (unpaired) electrons. The zero-order chi connectivity index (χ0) is 9.45. The second kappa shape index (κ2) is 9.13. The second-order valence-electron chi connectivity index (χ2n) is 3.88. The first-order valence-corrected chi connectivity index (χ1v) is 5.05. The van der Waals surface area contributed by atoms with Gasteiger partial charge in [0.15, 0.2) is 0 Å². The summed E-state index contributed by atoms with van der Waals surface area (Å²) >= 11 is 0. The van der Waals surface area contributed by atoms with Crippen LogP contribution in [0, 0.1) is 6.92 Å². The molecule has 13 heavy (non-hydrogen) atoms. The van der Waals surface area contributed by atoms with Crippen LogP contribution >= 0.6 is 0 Å². The fraction of sp³-hybridized carbons (Fsp3) is 0.909. The van der Waals surface area contributed by atoms with Crippen molar-refractivity contribution in [1.82, 2.24) is 0 Å². The topological polar surface area (TPSA) is 9.23 Å². The third-order valence-electron chi connectivity index (χ3n) is 2.24. The zero-order valence-corrected chi connectivity index (χ0v) is 8.86. The molecule has 2 heteroatoms. The molecule has 0 heterocycles. The Bertz CT molecular complexity index is 102. The minimum atomic E-state index is 0. The van der Waals surface area contributed by atoms with Crippen LogP contribution in [0.4, 0.5) is 0 Å². The summed E-state index contributed by atoms with van der Waals surface area (Å²) < 4.78 is 5.70. The Morgan fingerprint density at radius 3 is 2.23 bits per heavy atom. The molecule has 0 amide bonds. The predicted octanol–water partition coefficient (Wildman–Crippen LogP) is 2.94. The van der Waals surface area contributed by atoms with Gasteiger partial charge in [-0.1, -0.05) is 33.1 Å². The molecule has 0 spiro atoms. The molecule has 0 fully saturated rings. The molecule has 0 aromatic carbocycles. The van der Waals surface area contributed by atoms with Gasteiger partial charge in [-0.05, 0) is 26.7 Å². The van der Waals surface area contributed by atoms with Crippen LogP contribution in [0.1, 0.15) is 52.9 Å². The van der Waals surface area contributed by atoms with Crippen LogP contribution in [0.3, 0.4) is 0 Å². The Morgan fingerprint density at radius 1 is 1.15 bits per heavy atom. The molecule has 0 aliphatic carbocycles. The van der Waals surface area contributed by atoms with E-state index in [1.165, 1.54) is 19.3 Å². The number of hydrogen-bond acceptors (Lipinski definition) is 1. The maximum atomic E-state index is 5.70. The van der Waals surface area contributed by atoms with Gasteiger partial charge >= 0.3 is 18.9 Å². The molecule has 75 valence electrons. The number of unbranched alkanes of at least 4 members (excludes halogenated alkanes) is 3. The third kappa shape index (κ3) is 10.5. The molecule has 1 nitrogen and oxygen atoms in total. The van der Waals surface area contributed by atoms with E-state index in [4.69, 9.17) is 4.74 Å². The molecule has 0 aromatic rings. The van der Waals surface area contributed by atoms with E-state index in [-0.39, 0.29) is 24.5 Å². The van der Waals surface area contributed by atoms with Gasteiger partial charge in [0.05, 0.1) is 5.60 Å². The molecule has 0 unspecified atom stereocenters. The Labute approximate surface area is 95.8 Å². The van der Waals surface area contributed by atoms with Gasteiger partial charge in [0.2, 0.25) is 0 Å². The van der Waals surface area contributed by atoms with Gasteiger partial charge in [-0.25, -0.2) is 0 Å². The number of ether oxygens (including phenoxy) is 1. The van der Waals surface area contributed by atoms with Gasteiger partial charge in [0.25, 0.3) is 0 Å². The van der Waals surface area contributed by atoms with Crippen molar-refractivity contribution < 1.29 is 4.74 Å². The van der Waals surface area contributed by atoms with Crippen molar-refractivity contribution in [2.75, 3.05) is 6.61 Å². The molecular weight excluding hydrogens is 155 g/mol. The van der Waals surface area contributed by atoms with Crippen molar-refractivity contribution in [3.05, 3.63) is 6.92 Å². The van der Waals surface area contributed by atoms with Crippen molar-refractivity contribution in [2.45, 2.75) is 58.5 Å². The van der Waals surface area contributed by atoms with Gasteiger partial charge < -0.3 is 4.74 Å². The summed E-state index contributed by atoms with van der Waals surface area (Å²) in [6.45, 7) is 11.2. The summed E-state index contributed by atoms with van der Waals surface area (Å²) in [6.07, 6.45) is 5.80. The van der Waals surface area contributed by atoms with E-state index in [1.54, 1.807) is 0 Å². The molecular formula is C11H24LiO. The Hall–Kier alpha value is 0.557. The van der Waals surface area contributed by atoms with Crippen molar-refractivity contribution in [2.24, 2.45) is 0 Å². The van der Waals surface area contributed by atoms with E-state index in [1.807, 2.05) is 0 Å². The van der Waals surface area contributed by atoms with Crippen molar-refractivity contribution >= 4 is 18.9 Å². The standard InChI is InChI=1S/C11H23O.Li.H/c1-5-7-8-9-10-12-11(3,4)6-2;;/h1,5-10H2,2-4H3;;. The molecule has 0 aromatic heterocycles. The second-order valence-corrected chi connectivity index (χ2v) is 3.88. The SMILES string of the molecule is [CH2]CCCCCOC(C)(C)CC.[LiH]. The Balaban J connectivity index is 0. The van der Waals surface area contributed by atoms with Crippen LogP contribution < -0.4 is 0 Å². The van der Waals surface area contributed by atoms with E-state index in [2.05, 4.69) is 27.7 Å². The molecule has 0 N–H and O–H groups in total. The fourth-order valence-electron chi connectivity index (χ4n) is 0.906. The molecule has 0 rings (SSSR count). The first-order chi connectivity index (χ1) is 5.62. The van der Waals surface area contributed by atoms with E-state index < -0.39 is 0 Å². The predicted molar refractivity (Wildman–Crippen MR) is 61.3 cm³/mol. The summed E-state index contributed by atoms with van der Waals surface area (Å²) in [4.78, 5) is 0. The van der Waals surface area contributed by atoms with Gasteiger partial charge in [-0.2, -0.15) is 0 Å².